The Morgan fingerprint density at radius 1 is 1.18 bits per heavy atom. The molecule has 1 saturated heterocycles. The van der Waals surface area contributed by atoms with E-state index in [4.69, 9.17) is 0 Å². The summed E-state index contributed by atoms with van der Waals surface area (Å²) in [7, 11) is 1.79. The second kappa shape index (κ2) is 10.3. The van der Waals surface area contributed by atoms with E-state index in [1.54, 1.807) is 7.05 Å². The third-order valence-corrected chi connectivity index (χ3v) is 4.42. The summed E-state index contributed by atoms with van der Waals surface area (Å²) in [6, 6.07) is 1.30. The molecule has 2 rings (SSSR count). The zero-order chi connectivity index (χ0) is 15.1. The Bertz CT molecular complexity index is 371. The molecule has 7 heteroatoms. The summed E-state index contributed by atoms with van der Waals surface area (Å²) in [4.78, 5) is 17.7. The van der Waals surface area contributed by atoms with E-state index in [9.17, 15) is 4.79 Å². The van der Waals surface area contributed by atoms with Crippen molar-refractivity contribution in [2.45, 2.75) is 51.1 Å². The largest absolute Gasteiger partial charge is 0.355 e. The lowest BCUT2D eigenvalue weighted by Gasteiger charge is -2.24. The van der Waals surface area contributed by atoms with Crippen molar-refractivity contribution in [2.75, 3.05) is 33.2 Å². The van der Waals surface area contributed by atoms with Crippen molar-refractivity contribution >= 4 is 35.8 Å². The summed E-state index contributed by atoms with van der Waals surface area (Å²) in [5.41, 5.74) is 0. The number of guanidine groups is 1. The number of hydrogen-bond acceptors (Lipinski definition) is 3. The summed E-state index contributed by atoms with van der Waals surface area (Å²) in [6.45, 7) is 5.17. The van der Waals surface area contributed by atoms with E-state index in [0.717, 1.165) is 18.5 Å². The number of carbonyl (C=O) groups is 1. The molecule has 0 aromatic heterocycles. The van der Waals surface area contributed by atoms with Crippen LogP contribution in [0.15, 0.2) is 4.99 Å². The van der Waals surface area contributed by atoms with Crippen molar-refractivity contribution < 1.29 is 4.79 Å². The molecule has 0 aromatic rings. The normalized spacial score (nSPS) is 23.2. The Morgan fingerprint density at radius 3 is 2.50 bits per heavy atom. The van der Waals surface area contributed by atoms with Crippen LogP contribution in [0.2, 0.25) is 0 Å². The van der Waals surface area contributed by atoms with E-state index in [2.05, 4.69) is 25.8 Å². The zero-order valence-electron chi connectivity index (χ0n) is 13.7. The van der Waals surface area contributed by atoms with Gasteiger partial charge in [-0.25, -0.2) is 0 Å². The summed E-state index contributed by atoms with van der Waals surface area (Å²) in [5, 5.41) is 9.50. The Kier molecular flexibility index (Phi) is 9.08. The van der Waals surface area contributed by atoms with Gasteiger partial charge in [-0.3, -0.25) is 14.7 Å². The average Bonchev–Trinajstić information content (AvgIpc) is 3.12. The molecule has 1 aliphatic carbocycles. The van der Waals surface area contributed by atoms with Crippen LogP contribution in [-0.4, -0.2) is 62.1 Å². The lowest BCUT2D eigenvalue weighted by molar-refractivity contribution is -0.118. The van der Waals surface area contributed by atoms with Crippen molar-refractivity contribution in [1.29, 1.82) is 0 Å². The van der Waals surface area contributed by atoms with Gasteiger partial charge in [-0.15, -0.1) is 24.0 Å². The Balaban J connectivity index is 0.00000242. The highest BCUT2D eigenvalue weighted by atomic mass is 127. The van der Waals surface area contributed by atoms with E-state index in [0.29, 0.717) is 19.1 Å². The molecule has 3 N–H and O–H groups in total. The molecular weight excluding hydrogens is 393 g/mol. The number of likely N-dealkylation sites (tertiary alicyclic amines) is 1. The van der Waals surface area contributed by atoms with Gasteiger partial charge in [0.25, 0.3) is 0 Å². The predicted octanol–water partition coefficient (Wildman–Crippen LogP) is 0.922. The average molecular weight is 423 g/mol. The number of nitrogens with zero attached hydrogens (tertiary/aromatic N) is 2. The second-order valence-electron chi connectivity index (χ2n) is 6.05. The van der Waals surface area contributed by atoms with Gasteiger partial charge in [0, 0.05) is 52.2 Å². The van der Waals surface area contributed by atoms with Gasteiger partial charge in [-0.1, -0.05) is 12.8 Å². The first-order chi connectivity index (χ1) is 10.2. The highest BCUT2D eigenvalue weighted by Gasteiger charge is 2.30. The van der Waals surface area contributed by atoms with Crippen molar-refractivity contribution in [1.82, 2.24) is 20.9 Å². The number of hydrogen-bond donors (Lipinski definition) is 3. The fourth-order valence-electron chi connectivity index (χ4n) is 3.31. The molecule has 0 aromatic carbocycles. The van der Waals surface area contributed by atoms with Gasteiger partial charge in [0.1, 0.15) is 0 Å². The van der Waals surface area contributed by atoms with Crippen LogP contribution in [-0.2, 0) is 4.79 Å². The van der Waals surface area contributed by atoms with Gasteiger partial charge in [-0.2, -0.15) is 0 Å². The van der Waals surface area contributed by atoms with Gasteiger partial charge in [0.2, 0.25) is 5.91 Å². The van der Waals surface area contributed by atoms with Gasteiger partial charge < -0.3 is 16.0 Å². The van der Waals surface area contributed by atoms with E-state index in [1.165, 1.54) is 45.6 Å². The molecule has 1 amide bonds. The zero-order valence-corrected chi connectivity index (χ0v) is 16.1. The molecule has 1 saturated carbocycles. The lowest BCUT2D eigenvalue weighted by Crippen LogP contribution is -2.46. The molecule has 0 radical (unpaired) electrons. The fraction of sp³-hybridized carbons (Fsp3) is 0.867. The van der Waals surface area contributed by atoms with Crippen molar-refractivity contribution in [3.8, 4) is 0 Å². The maximum Gasteiger partial charge on any atom is 0.216 e. The molecule has 2 fully saturated rings. The topological polar surface area (TPSA) is 68.8 Å². The molecule has 1 atom stereocenters. The summed E-state index contributed by atoms with van der Waals surface area (Å²) >= 11 is 0. The monoisotopic (exact) mass is 423 g/mol. The van der Waals surface area contributed by atoms with E-state index in [1.807, 2.05) is 0 Å². The Labute approximate surface area is 150 Å². The van der Waals surface area contributed by atoms with Crippen LogP contribution < -0.4 is 16.0 Å². The lowest BCUT2D eigenvalue weighted by atomic mass is 10.2. The summed E-state index contributed by atoms with van der Waals surface area (Å²) in [5.74, 6) is 0.835. The molecule has 0 spiro atoms. The SMILES string of the molecule is CN=C(NCCNC(C)=O)NC1CCN(C2CCCC2)C1.I. The molecular formula is C15H30IN5O. The molecule has 22 heavy (non-hydrogen) atoms. The summed E-state index contributed by atoms with van der Waals surface area (Å²) < 4.78 is 0. The maximum absolute atomic E-state index is 10.8. The molecule has 0 bridgehead atoms. The third kappa shape index (κ3) is 6.28. The second-order valence-corrected chi connectivity index (χ2v) is 6.05. The predicted molar refractivity (Wildman–Crippen MR) is 101 cm³/mol. The maximum atomic E-state index is 10.8. The van der Waals surface area contributed by atoms with Crippen LogP contribution in [0.4, 0.5) is 0 Å². The minimum absolute atomic E-state index is 0. The quantitative estimate of drug-likeness (QED) is 0.266. The van der Waals surface area contributed by atoms with Crippen LogP contribution in [0.3, 0.4) is 0 Å². The number of carbonyl (C=O) groups excluding carboxylic acids is 1. The molecule has 1 aliphatic heterocycles. The van der Waals surface area contributed by atoms with Crippen LogP contribution in [0.1, 0.15) is 39.0 Å². The smallest absolute Gasteiger partial charge is 0.216 e. The van der Waals surface area contributed by atoms with Gasteiger partial charge in [0.15, 0.2) is 5.96 Å². The molecule has 1 unspecified atom stereocenters. The molecule has 128 valence electrons. The van der Waals surface area contributed by atoms with Crippen molar-refractivity contribution in [3.63, 3.8) is 0 Å². The molecule has 6 nitrogen and oxygen atoms in total. The highest BCUT2D eigenvalue weighted by Crippen LogP contribution is 2.26. The number of halogens is 1. The van der Waals surface area contributed by atoms with Crippen LogP contribution in [0.25, 0.3) is 0 Å². The van der Waals surface area contributed by atoms with Crippen molar-refractivity contribution in [3.05, 3.63) is 0 Å². The van der Waals surface area contributed by atoms with Crippen LogP contribution in [0, 0.1) is 0 Å². The summed E-state index contributed by atoms with van der Waals surface area (Å²) in [6.07, 6.45) is 6.72. The molecule has 1 heterocycles. The van der Waals surface area contributed by atoms with E-state index >= 15 is 0 Å². The van der Waals surface area contributed by atoms with Crippen LogP contribution in [0.5, 0.6) is 0 Å². The first-order valence-corrected chi connectivity index (χ1v) is 8.14. The Hall–Kier alpha value is -0.570. The van der Waals surface area contributed by atoms with Crippen molar-refractivity contribution in [2.24, 2.45) is 4.99 Å². The first-order valence-electron chi connectivity index (χ1n) is 8.14. The standard InChI is InChI=1S/C15H29N5O.HI/c1-12(21)17-8-9-18-15(16-2)19-13-7-10-20(11-13)14-5-3-4-6-14;/h13-14H,3-11H2,1-2H3,(H,17,21)(H2,16,18,19);1H. The van der Waals surface area contributed by atoms with Gasteiger partial charge >= 0.3 is 0 Å². The Morgan fingerprint density at radius 2 is 1.86 bits per heavy atom. The van der Waals surface area contributed by atoms with E-state index in [-0.39, 0.29) is 29.9 Å². The van der Waals surface area contributed by atoms with Gasteiger partial charge in [-0.05, 0) is 19.3 Å². The minimum atomic E-state index is 0. The number of amides is 1. The minimum Gasteiger partial charge on any atom is -0.355 e. The fourth-order valence-corrected chi connectivity index (χ4v) is 3.31. The molecule has 2 aliphatic rings. The number of rotatable bonds is 5. The highest BCUT2D eigenvalue weighted by molar-refractivity contribution is 14.0. The van der Waals surface area contributed by atoms with Gasteiger partial charge in [0.05, 0.1) is 0 Å². The number of aliphatic imine (C=N–C) groups is 1. The first kappa shape index (κ1) is 19.5. The van der Waals surface area contributed by atoms with Crippen LogP contribution >= 0.6 is 24.0 Å². The number of nitrogens with one attached hydrogen (secondary N) is 3. The third-order valence-electron chi connectivity index (χ3n) is 4.42. The van der Waals surface area contributed by atoms with E-state index < -0.39 is 0 Å².